The predicted molar refractivity (Wildman–Crippen MR) is 108 cm³/mol. The van der Waals surface area contributed by atoms with Crippen molar-refractivity contribution in [2.75, 3.05) is 5.73 Å². The molecule has 0 spiro atoms. The van der Waals surface area contributed by atoms with Crippen molar-refractivity contribution in [2.45, 2.75) is 19.8 Å². The van der Waals surface area contributed by atoms with Gasteiger partial charge in [-0.25, -0.2) is 0 Å². The van der Waals surface area contributed by atoms with E-state index in [4.69, 9.17) is 10.3 Å². The van der Waals surface area contributed by atoms with E-state index in [0.717, 1.165) is 28.6 Å². The van der Waals surface area contributed by atoms with Crippen LogP contribution in [0.3, 0.4) is 0 Å². The first-order valence-corrected chi connectivity index (χ1v) is 9.71. The van der Waals surface area contributed by atoms with E-state index in [1.54, 1.807) is 0 Å². The van der Waals surface area contributed by atoms with E-state index in [-0.39, 0.29) is 0 Å². The lowest BCUT2D eigenvalue weighted by molar-refractivity contribution is 0.427. The van der Waals surface area contributed by atoms with Crippen molar-refractivity contribution in [2.24, 2.45) is 0 Å². The molecule has 0 amide bonds. The molecule has 2 heterocycles. The molecule has 126 valence electrons. The van der Waals surface area contributed by atoms with Gasteiger partial charge in [-0.3, -0.25) is 0 Å². The summed E-state index contributed by atoms with van der Waals surface area (Å²) in [4.78, 5) is 1.38. The maximum Gasteiger partial charge on any atom is 0.190 e. The van der Waals surface area contributed by atoms with Crippen LogP contribution in [0.25, 0.3) is 21.4 Å². The summed E-state index contributed by atoms with van der Waals surface area (Å²) in [5.74, 6) is 0.663. The van der Waals surface area contributed by atoms with Crippen molar-refractivity contribution < 1.29 is 4.52 Å². The highest BCUT2D eigenvalue weighted by molar-refractivity contribution is 9.10. The largest absolute Gasteiger partial charge is 0.394 e. The van der Waals surface area contributed by atoms with Crippen LogP contribution >= 0.6 is 27.3 Å². The summed E-state index contributed by atoms with van der Waals surface area (Å²) >= 11 is 5.43. The number of hydrogen-bond acceptors (Lipinski definition) is 4. The lowest BCUT2D eigenvalue weighted by Crippen LogP contribution is -1.95. The molecule has 4 aromatic rings. The number of thiophene rings is 1. The Kier molecular flexibility index (Phi) is 4.36. The van der Waals surface area contributed by atoms with E-state index < -0.39 is 0 Å². The average molecular weight is 413 g/mol. The molecule has 0 saturated carbocycles. The number of rotatable bonds is 4. The molecule has 0 fully saturated rings. The van der Waals surface area contributed by atoms with Gasteiger partial charge in [0, 0.05) is 19.6 Å². The zero-order chi connectivity index (χ0) is 17.4. The van der Waals surface area contributed by atoms with Crippen molar-refractivity contribution in [3.63, 3.8) is 0 Å². The third-order valence-corrected chi connectivity index (χ3v) is 6.01. The number of aryl methyl sites for hydroxylation is 3. The molecule has 0 atom stereocenters. The van der Waals surface area contributed by atoms with Crippen LogP contribution in [0.4, 0.5) is 5.69 Å². The molecule has 2 aromatic heterocycles. The van der Waals surface area contributed by atoms with Gasteiger partial charge in [-0.15, -0.1) is 11.3 Å². The minimum atomic E-state index is 0.616. The maximum absolute atomic E-state index is 6.13. The number of hydrogen-bond donors (Lipinski definition) is 1. The van der Waals surface area contributed by atoms with Gasteiger partial charge in [-0.05, 0) is 61.0 Å². The Morgan fingerprint density at radius 3 is 2.72 bits per heavy atom. The van der Waals surface area contributed by atoms with Gasteiger partial charge < -0.3 is 10.3 Å². The molecule has 0 unspecified atom stereocenters. The van der Waals surface area contributed by atoms with Crippen molar-refractivity contribution in [3.05, 3.63) is 69.1 Å². The lowest BCUT2D eigenvalue weighted by atomic mass is 9.99. The van der Waals surface area contributed by atoms with Crippen LogP contribution in [0.5, 0.6) is 0 Å². The monoisotopic (exact) mass is 412 g/mol. The third kappa shape index (κ3) is 3.22. The SMILES string of the molecule is Cc1noc(-c2ccc(Br)cc2CCc2cc3ccccc3s2)c1N. The number of nitrogen functional groups attached to an aromatic ring is 1. The average Bonchev–Trinajstić information content (AvgIpc) is 3.17. The molecule has 5 heteroatoms. The van der Waals surface area contributed by atoms with Crippen LogP contribution in [0.1, 0.15) is 16.1 Å². The van der Waals surface area contributed by atoms with Crippen LogP contribution < -0.4 is 5.73 Å². The topological polar surface area (TPSA) is 52.0 Å². The molecule has 0 aliphatic rings. The van der Waals surface area contributed by atoms with Crippen LogP contribution in [0, 0.1) is 6.92 Å². The highest BCUT2D eigenvalue weighted by Crippen LogP contribution is 2.34. The fraction of sp³-hybridized carbons (Fsp3) is 0.150. The standard InChI is InChI=1S/C20H17BrN2OS/c1-12-19(22)20(24-23-12)17-9-7-15(21)10-13(17)6-8-16-11-14-4-2-3-5-18(14)25-16/h2-5,7,9-11H,6,8,22H2,1H3. The second kappa shape index (κ2) is 6.65. The van der Waals surface area contributed by atoms with Crippen LogP contribution in [0.2, 0.25) is 0 Å². The normalized spacial score (nSPS) is 11.3. The van der Waals surface area contributed by atoms with Crippen molar-refractivity contribution >= 4 is 43.0 Å². The molecular formula is C20H17BrN2OS. The second-order valence-corrected chi connectivity index (χ2v) is 8.15. The van der Waals surface area contributed by atoms with Crippen LogP contribution in [-0.2, 0) is 12.8 Å². The Hall–Kier alpha value is -2.11. The lowest BCUT2D eigenvalue weighted by Gasteiger charge is -2.08. The van der Waals surface area contributed by atoms with Crippen molar-refractivity contribution in [1.29, 1.82) is 0 Å². The highest BCUT2D eigenvalue weighted by Gasteiger charge is 2.16. The zero-order valence-corrected chi connectivity index (χ0v) is 16.2. The molecule has 4 rings (SSSR count). The summed E-state index contributed by atoms with van der Waals surface area (Å²) in [5, 5.41) is 5.31. The van der Waals surface area contributed by atoms with Crippen molar-refractivity contribution in [3.8, 4) is 11.3 Å². The van der Waals surface area contributed by atoms with Gasteiger partial charge in [-0.1, -0.05) is 39.3 Å². The molecule has 3 nitrogen and oxygen atoms in total. The van der Waals surface area contributed by atoms with Gasteiger partial charge in [0.05, 0.1) is 0 Å². The Morgan fingerprint density at radius 1 is 1.12 bits per heavy atom. The first kappa shape index (κ1) is 16.4. The number of aromatic nitrogens is 1. The summed E-state index contributed by atoms with van der Waals surface area (Å²) in [6.45, 7) is 1.86. The zero-order valence-electron chi connectivity index (χ0n) is 13.8. The number of fused-ring (bicyclic) bond motifs is 1. The quantitative estimate of drug-likeness (QED) is 0.447. The Bertz CT molecular complexity index is 1020. The molecule has 2 N–H and O–H groups in total. The van der Waals surface area contributed by atoms with E-state index >= 15 is 0 Å². The molecule has 0 radical (unpaired) electrons. The summed E-state index contributed by atoms with van der Waals surface area (Å²) in [6.07, 6.45) is 1.90. The molecule has 0 aliphatic heterocycles. The highest BCUT2D eigenvalue weighted by atomic mass is 79.9. The fourth-order valence-electron chi connectivity index (χ4n) is 2.98. The molecule has 0 aliphatic carbocycles. The Labute approximate surface area is 158 Å². The van der Waals surface area contributed by atoms with Crippen LogP contribution in [0.15, 0.2) is 57.5 Å². The minimum Gasteiger partial charge on any atom is -0.394 e. The first-order valence-electron chi connectivity index (χ1n) is 8.10. The van der Waals surface area contributed by atoms with Gasteiger partial charge >= 0.3 is 0 Å². The van der Waals surface area contributed by atoms with Crippen molar-refractivity contribution in [1.82, 2.24) is 5.16 Å². The summed E-state index contributed by atoms with van der Waals surface area (Å²) < 4.78 is 7.86. The van der Waals surface area contributed by atoms with E-state index in [9.17, 15) is 0 Å². The number of anilines is 1. The third-order valence-electron chi connectivity index (χ3n) is 4.34. The Balaban J connectivity index is 1.65. The number of halogens is 1. The van der Waals surface area contributed by atoms with Crippen LogP contribution in [-0.4, -0.2) is 5.16 Å². The summed E-state index contributed by atoms with van der Waals surface area (Å²) in [5.41, 5.74) is 9.70. The number of benzene rings is 2. The van der Waals surface area contributed by atoms with E-state index in [0.29, 0.717) is 11.4 Å². The van der Waals surface area contributed by atoms with Gasteiger partial charge in [0.25, 0.3) is 0 Å². The Morgan fingerprint density at radius 2 is 1.96 bits per heavy atom. The summed E-state index contributed by atoms with van der Waals surface area (Å²) in [6, 6.07) is 17.0. The van der Waals surface area contributed by atoms with E-state index in [1.165, 1.54) is 20.5 Å². The van der Waals surface area contributed by atoms with Gasteiger partial charge in [0.2, 0.25) is 0 Å². The predicted octanol–water partition coefficient (Wildman–Crippen LogP) is 5.99. The molecule has 25 heavy (non-hydrogen) atoms. The molecule has 2 aromatic carbocycles. The van der Waals surface area contributed by atoms with E-state index in [1.807, 2.05) is 30.4 Å². The fourth-order valence-corrected chi connectivity index (χ4v) is 4.45. The molecule has 0 bridgehead atoms. The van der Waals surface area contributed by atoms with Gasteiger partial charge in [0.1, 0.15) is 11.4 Å². The van der Waals surface area contributed by atoms with E-state index in [2.05, 4.69) is 57.5 Å². The number of nitrogens with zero attached hydrogens (tertiary/aromatic N) is 1. The minimum absolute atomic E-state index is 0.616. The second-order valence-electron chi connectivity index (χ2n) is 6.06. The smallest absolute Gasteiger partial charge is 0.190 e. The van der Waals surface area contributed by atoms with Gasteiger partial charge in [0.15, 0.2) is 5.76 Å². The first-order chi connectivity index (χ1) is 12.1. The maximum atomic E-state index is 6.13. The van der Waals surface area contributed by atoms with Gasteiger partial charge in [-0.2, -0.15) is 0 Å². The molecular weight excluding hydrogens is 396 g/mol. The molecule has 0 saturated heterocycles. The number of nitrogens with two attached hydrogens (primary N) is 1. The summed E-state index contributed by atoms with van der Waals surface area (Å²) in [7, 11) is 0.